The second-order valence-electron chi connectivity index (χ2n) is 6.98. The molecular formula is C21H22N2O3S. The van der Waals surface area contributed by atoms with Crippen molar-refractivity contribution in [3.05, 3.63) is 82.2 Å². The van der Waals surface area contributed by atoms with E-state index < -0.39 is 10.0 Å². The lowest BCUT2D eigenvalue weighted by molar-refractivity contribution is 0.341. The van der Waals surface area contributed by atoms with Crippen LogP contribution in [0, 0.1) is 20.8 Å². The Morgan fingerprint density at radius 3 is 2.33 bits per heavy atom. The van der Waals surface area contributed by atoms with Gasteiger partial charge in [-0.1, -0.05) is 53.7 Å². The van der Waals surface area contributed by atoms with Crippen LogP contribution in [0.15, 0.2) is 57.9 Å². The van der Waals surface area contributed by atoms with Crippen molar-refractivity contribution < 1.29 is 12.9 Å². The Morgan fingerprint density at radius 1 is 1.00 bits per heavy atom. The van der Waals surface area contributed by atoms with E-state index in [1.54, 1.807) is 18.2 Å². The van der Waals surface area contributed by atoms with Crippen molar-refractivity contribution in [2.24, 2.45) is 0 Å². The fourth-order valence-corrected chi connectivity index (χ4v) is 5.86. The zero-order chi connectivity index (χ0) is 19.2. The highest BCUT2D eigenvalue weighted by Gasteiger charge is 2.40. The molecule has 1 aliphatic rings. The lowest BCUT2D eigenvalue weighted by atomic mass is 9.88. The van der Waals surface area contributed by atoms with E-state index in [0.717, 1.165) is 16.7 Å². The summed E-state index contributed by atoms with van der Waals surface area (Å²) in [6.45, 7) is 5.76. The summed E-state index contributed by atoms with van der Waals surface area (Å²) in [6.07, 6.45) is 0.682. The third-order valence-electron chi connectivity index (χ3n) is 5.26. The molecule has 1 aromatic heterocycles. The predicted octanol–water partition coefficient (Wildman–Crippen LogP) is 3.94. The summed E-state index contributed by atoms with van der Waals surface area (Å²) < 4.78 is 34.0. The van der Waals surface area contributed by atoms with Crippen LogP contribution in [0.1, 0.15) is 39.7 Å². The highest BCUT2D eigenvalue weighted by atomic mass is 32.2. The van der Waals surface area contributed by atoms with Gasteiger partial charge in [0.1, 0.15) is 10.6 Å². The fourth-order valence-electron chi connectivity index (χ4n) is 3.98. The Bertz CT molecular complexity index is 1080. The molecule has 0 aliphatic carbocycles. The number of hydrogen-bond donors (Lipinski definition) is 0. The van der Waals surface area contributed by atoms with E-state index in [1.807, 2.05) is 49.4 Å². The molecule has 2 aromatic carbocycles. The second kappa shape index (κ2) is 6.62. The second-order valence-corrected chi connectivity index (χ2v) is 8.80. The van der Waals surface area contributed by atoms with E-state index in [0.29, 0.717) is 24.4 Å². The molecule has 2 heterocycles. The van der Waals surface area contributed by atoms with Gasteiger partial charge in [0.05, 0.1) is 6.04 Å². The lowest BCUT2D eigenvalue weighted by Crippen LogP contribution is -2.41. The van der Waals surface area contributed by atoms with Crippen molar-refractivity contribution in [1.29, 1.82) is 0 Å². The van der Waals surface area contributed by atoms with Crippen LogP contribution in [0.25, 0.3) is 0 Å². The van der Waals surface area contributed by atoms with Gasteiger partial charge in [-0.2, -0.15) is 4.31 Å². The molecule has 0 bridgehead atoms. The van der Waals surface area contributed by atoms with Crippen molar-refractivity contribution in [1.82, 2.24) is 9.46 Å². The molecule has 0 fully saturated rings. The van der Waals surface area contributed by atoms with Crippen LogP contribution in [0.2, 0.25) is 0 Å². The van der Waals surface area contributed by atoms with Gasteiger partial charge in [0.2, 0.25) is 10.0 Å². The molecule has 0 radical (unpaired) electrons. The maximum absolute atomic E-state index is 13.6. The summed E-state index contributed by atoms with van der Waals surface area (Å²) in [4.78, 5) is 0.181. The molecule has 140 valence electrons. The maximum Gasteiger partial charge on any atom is 0.249 e. The molecule has 4 rings (SSSR count). The Balaban J connectivity index is 1.94. The summed E-state index contributed by atoms with van der Waals surface area (Å²) in [5.74, 6) is 0.329. The molecular weight excluding hydrogens is 360 g/mol. The molecule has 3 aromatic rings. The Labute approximate surface area is 159 Å². The first-order valence-corrected chi connectivity index (χ1v) is 10.4. The Morgan fingerprint density at radius 2 is 1.67 bits per heavy atom. The zero-order valence-electron chi connectivity index (χ0n) is 15.6. The van der Waals surface area contributed by atoms with E-state index >= 15 is 0 Å². The van der Waals surface area contributed by atoms with Crippen LogP contribution in [0.3, 0.4) is 0 Å². The zero-order valence-corrected chi connectivity index (χ0v) is 16.5. The average molecular weight is 382 g/mol. The first-order valence-electron chi connectivity index (χ1n) is 8.99. The smallest absolute Gasteiger partial charge is 0.249 e. The van der Waals surface area contributed by atoms with Crippen molar-refractivity contribution >= 4 is 10.0 Å². The summed E-state index contributed by atoms with van der Waals surface area (Å²) >= 11 is 0. The van der Waals surface area contributed by atoms with Crippen molar-refractivity contribution in [3.8, 4) is 0 Å². The van der Waals surface area contributed by atoms with Crippen molar-refractivity contribution in [3.63, 3.8) is 0 Å². The minimum atomic E-state index is -3.76. The molecule has 6 heteroatoms. The summed E-state index contributed by atoms with van der Waals surface area (Å²) in [5.41, 5.74) is 4.69. The number of nitrogens with zero attached hydrogens (tertiary/aromatic N) is 2. The maximum atomic E-state index is 13.6. The van der Waals surface area contributed by atoms with Crippen LogP contribution in [-0.2, 0) is 16.4 Å². The van der Waals surface area contributed by atoms with E-state index in [1.165, 1.54) is 5.56 Å². The van der Waals surface area contributed by atoms with Gasteiger partial charge >= 0.3 is 0 Å². The van der Waals surface area contributed by atoms with Crippen molar-refractivity contribution in [2.75, 3.05) is 6.54 Å². The normalized spacial score (nSPS) is 17.7. The minimum Gasteiger partial charge on any atom is -0.360 e. The molecule has 0 saturated heterocycles. The summed E-state index contributed by atoms with van der Waals surface area (Å²) in [5, 5.41) is 3.86. The number of sulfonamides is 1. The molecule has 1 aliphatic heterocycles. The van der Waals surface area contributed by atoms with Gasteiger partial charge in [0, 0.05) is 6.54 Å². The Hall–Kier alpha value is -2.44. The van der Waals surface area contributed by atoms with Gasteiger partial charge in [0.25, 0.3) is 0 Å². The molecule has 0 N–H and O–H groups in total. The number of rotatable bonds is 3. The quantitative estimate of drug-likeness (QED) is 0.688. The number of aryl methyl sites for hydroxylation is 3. The predicted molar refractivity (Wildman–Crippen MR) is 103 cm³/mol. The van der Waals surface area contributed by atoms with E-state index in [4.69, 9.17) is 4.52 Å². The van der Waals surface area contributed by atoms with Gasteiger partial charge in [-0.15, -0.1) is 0 Å². The topological polar surface area (TPSA) is 63.4 Å². The van der Waals surface area contributed by atoms with Crippen molar-refractivity contribution in [2.45, 2.75) is 38.1 Å². The average Bonchev–Trinajstić information content (AvgIpc) is 3.00. The SMILES string of the molecule is Cc1ccccc1C1c2ccccc2CCN1S(=O)(=O)c1c(C)noc1C. The van der Waals surface area contributed by atoms with Gasteiger partial charge in [-0.3, -0.25) is 0 Å². The van der Waals surface area contributed by atoms with Crippen LogP contribution < -0.4 is 0 Å². The van der Waals surface area contributed by atoms with Crippen LogP contribution in [0.5, 0.6) is 0 Å². The number of fused-ring (bicyclic) bond motifs is 1. The molecule has 0 spiro atoms. The monoisotopic (exact) mass is 382 g/mol. The van der Waals surface area contributed by atoms with Crippen LogP contribution in [-0.4, -0.2) is 24.4 Å². The van der Waals surface area contributed by atoms with E-state index in [9.17, 15) is 8.42 Å². The van der Waals surface area contributed by atoms with Gasteiger partial charge in [-0.25, -0.2) is 8.42 Å². The highest BCUT2D eigenvalue weighted by Crippen LogP contribution is 2.40. The van der Waals surface area contributed by atoms with E-state index in [-0.39, 0.29) is 10.9 Å². The molecule has 1 unspecified atom stereocenters. The van der Waals surface area contributed by atoms with Crippen LogP contribution >= 0.6 is 0 Å². The minimum absolute atomic E-state index is 0.181. The number of benzene rings is 2. The first kappa shape index (κ1) is 17.9. The number of aromatic nitrogens is 1. The van der Waals surface area contributed by atoms with Gasteiger partial charge in [0.15, 0.2) is 5.76 Å². The Kier molecular flexibility index (Phi) is 4.40. The molecule has 5 nitrogen and oxygen atoms in total. The lowest BCUT2D eigenvalue weighted by Gasteiger charge is -2.37. The van der Waals surface area contributed by atoms with Gasteiger partial charge in [-0.05, 0) is 49.4 Å². The highest BCUT2D eigenvalue weighted by molar-refractivity contribution is 7.89. The van der Waals surface area contributed by atoms with Gasteiger partial charge < -0.3 is 4.52 Å². The third-order valence-corrected chi connectivity index (χ3v) is 7.37. The summed E-state index contributed by atoms with van der Waals surface area (Å²) in [7, 11) is -3.76. The van der Waals surface area contributed by atoms with E-state index in [2.05, 4.69) is 11.2 Å². The molecule has 27 heavy (non-hydrogen) atoms. The fraction of sp³-hybridized carbons (Fsp3) is 0.286. The van der Waals surface area contributed by atoms with Crippen LogP contribution in [0.4, 0.5) is 0 Å². The number of hydrogen-bond acceptors (Lipinski definition) is 4. The summed E-state index contributed by atoms with van der Waals surface area (Å²) in [6, 6.07) is 15.7. The molecule has 0 saturated carbocycles. The first-order chi connectivity index (χ1) is 12.9. The molecule has 1 atom stereocenters. The largest absolute Gasteiger partial charge is 0.360 e. The molecule has 0 amide bonds. The third kappa shape index (κ3) is 2.89. The standard InChI is InChI=1S/C21H22N2O3S/c1-14-8-4-6-10-18(14)20-19-11-7-5-9-17(19)12-13-23(20)27(24,25)21-15(2)22-26-16(21)3/h4-11,20H,12-13H2,1-3H3.